The minimum atomic E-state index is -0.459. The lowest BCUT2D eigenvalue weighted by atomic mass is 9.78. The zero-order chi connectivity index (χ0) is 20.7. The van der Waals surface area contributed by atoms with Gasteiger partial charge in [0.25, 0.3) is 0 Å². The molecule has 0 saturated heterocycles. The van der Waals surface area contributed by atoms with Crippen molar-refractivity contribution in [1.29, 1.82) is 0 Å². The van der Waals surface area contributed by atoms with Crippen LogP contribution in [0.1, 0.15) is 35.9 Å². The normalized spacial score (nSPS) is 20.5. The van der Waals surface area contributed by atoms with Gasteiger partial charge in [-0.2, -0.15) is 0 Å². The van der Waals surface area contributed by atoms with E-state index in [1.807, 2.05) is 36.4 Å². The second-order valence-electron chi connectivity index (χ2n) is 7.78. The SMILES string of the molecule is O=C1CC(c2ccc(F)cc2)CC2=C1C(c1ccccc1O)Nc1ccccc1N2. The Hall–Kier alpha value is -3.60. The van der Waals surface area contributed by atoms with E-state index in [4.69, 9.17) is 0 Å². The molecule has 3 aromatic carbocycles. The van der Waals surface area contributed by atoms with Crippen LogP contribution in [-0.2, 0) is 4.79 Å². The highest BCUT2D eigenvalue weighted by Gasteiger charge is 2.36. The van der Waals surface area contributed by atoms with Crippen LogP contribution in [0.2, 0.25) is 0 Å². The Bertz CT molecular complexity index is 1150. The number of benzene rings is 3. The van der Waals surface area contributed by atoms with Gasteiger partial charge >= 0.3 is 0 Å². The van der Waals surface area contributed by atoms with Crippen molar-refractivity contribution in [3.05, 3.63) is 101 Å². The maximum absolute atomic E-state index is 13.4. The number of ketones is 1. The number of carbonyl (C=O) groups is 1. The van der Waals surface area contributed by atoms with Gasteiger partial charge < -0.3 is 15.7 Å². The molecule has 150 valence electrons. The zero-order valence-corrected chi connectivity index (χ0v) is 16.2. The van der Waals surface area contributed by atoms with E-state index >= 15 is 0 Å². The molecular weight excluding hydrogens is 379 g/mol. The molecule has 3 aromatic rings. The van der Waals surface area contributed by atoms with Crippen LogP contribution in [0.15, 0.2) is 84.1 Å². The van der Waals surface area contributed by atoms with E-state index in [2.05, 4.69) is 10.6 Å². The Morgan fingerprint density at radius 1 is 0.867 bits per heavy atom. The predicted molar refractivity (Wildman–Crippen MR) is 115 cm³/mol. The number of anilines is 2. The van der Waals surface area contributed by atoms with Crippen LogP contribution >= 0.6 is 0 Å². The summed E-state index contributed by atoms with van der Waals surface area (Å²) in [5.74, 6) is -0.146. The number of hydrogen-bond donors (Lipinski definition) is 3. The number of carbonyl (C=O) groups excluding carboxylic acids is 1. The van der Waals surface area contributed by atoms with Crippen molar-refractivity contribution in [2.45, 2.75) is 24.8 Å². The van der Waals surface area contributed by atoms with Crippen molar-refractivity contribution in [2.24, 2.45) is 0 Å². The van der Waals surface area contributed by atoms with Gasteiger partial charge in [-0.25, -0.2) is 4.39 Å². The summed E-state index contributed by atoms with van der Waals surface area (Å²) in [6.07, 6.45) is 0.973. The van der Waals surface area contributed by atoms with Crippen LogP contribution in [0, 0.1) is 5.82 Å². The van der Waals surface area contributed by atoms with Crippen LogP contribution in [0.25, 0.3) is 0 Å². The van der Waals surface area contributed by atoms with Gasteiger partial charge in [-0.3, -0.25) is 4.79 Å². The first-order valence-corrected chi connectivity index (χ1v) is 10.0. The molecule has 2 atom stereocenters. The third-order valence-electron chi connectivity index (χ3n) is 5.90. The van der Waals surface area contributed by atoms with Crippen molar-refractivity contribution in [2.75, 3.05) is 10.6 Å². The molecule has 5 rings (SSSR count). The van der Waals surface area contributed by atoms with Crippen molar-refractivity contribution in [1.82, 2.24) is 0 Å². The number of Topliss-reactive ketones (excluding diaryl/α,β-unsaturated/α-hetero) is 1. The highest BCUT2D eigenvalue weighted by molar-refractivity contribution is 6.01. The molecule has 0 spiro atoms. The minimum Gasteiger partial charge on any atom is -0.508 e. The van der Waals surface area contributed by atoms with Crippen molar-refractivity contribution in [3.63, 3.8) is 0 Å². The van der Waals surface area contributed by atoms with Gasteiger partial charge in [0, 0.05) is 23.3 Å². The number of fused-ring (bicyclic) bond motifs is 1. The standard InChI is InChI=1S/C25H21FN2O2/c26-17-11-9-15(10-12-17)16-13-21-24(23(30)14-16)25(18-5-1-4-8-22(18)29)28-20-7-3-2-6-19(20)27-21/h1-12,16,25,27-29H,13-14H2. The number of allylic oxidation sites excluding steroid dienone is 1. The van der Waals surface area contributed by atoms with E-state index in [1.165, 1.54) is 12.1 Å². The third kappa shape index (κ3) is 3.22. The molecule has 2 aliphatic rings. The number of para-hydroxylation sites is 3. The highest BCUT2D eigenvalue weighted by atomic mass is 19.1. The van der Waals surface area contributed by atoms with Crippen molar-refractivity contribution < 1.29 is 14.3 Å². The molecule has 1 aliphatic carbocycles. The molecule has 0 saturated carbocycles. The van der Waals surface area contributed by atoms with E-state index in [0.29, 0.717) is 24.0 Å². The summed E-state index contributed by atoms with van der Waals surface area (Å²) in [6, 6.07) is 20.8. The van der Waals surface area contributed by atoms with E-state index in [0.717, 1.165) is 22.6 Å². The fourth-order valence-electron chi connectivity index (χ4n) is 4.43. The summed E-state index contributed by atoms with van der Waals surface area (Å²) in [5.41, 5.74) is 4.85. The van der Waals surface area contributed by atoms with Gasteiger partial charge in [0.2, 0.25) is 0 Å². The number of phenolic OH excluding ortho intramolecular Hbond substituents is 1. The van der Waals surface area contributed by atoms with Gasteiger partial charge in [-0.05, 0) is 48.2 Å². The van der Waals surface area contributed by atoms with Crippen LogP contribution < -0.4 is 10.6 Å². The number of phenols is 1. The molecular formula is C25H21FN2O2. The average Bonchev–Trinajstić information content (AvgIpc) is 2.91. The Morgan fingerprint density at radius 3 is 2.33 bits per heavy atom. The average molecular weight is 400 g/mol. The molecule has 1 aliphatic heterocycles. The molecule has 2 unspecified atom stereocenters. The lowest BCUT2D eigenvalue weighted by Gasteiger charge is -2.30. The first-order valence-electron chi connectivity index (χ1n) is 10.0. The van der Waals surface area contributed by atoms with Crippen molar-refractivity contribution >= 4 is 17.2 Å². The summed E-state index contributed by atoms with van der Waals surface area (Å²) in [6.45, 7) is 0. The smallest absolute Gasteiger partial charge is 0.163 e. The van der Waals surface area contributed by atoms with E-state index in [9.17, 15) is 14.3 Å². The van der Waals surface area contributed by atoms with E-state index in [-0.39, 0.29) is 23.3 Å². The maximum Gasteiger partial charge on any atom is 0.163 e. The number of rotatable bonds is 2. The van der Waals surface area contributed by atoms with Gasteiger partial charge in [-0.1, -0.05) is 42.5 Å². The van der Waals surface area contributed by atoms with Gasteiger partial charge in [-0.15, -0.1) is 0 Å². The highest BCUT2D eigenvalue weighted by Crippen LogP contribution is 2.45. The fourth-order valence-corrected chi connectivity index (χ4v) is 4.43. The molecule has 30 heavy (non-hydrogen) atoms. The summed E-state index contributed by atoms with van der Waals surface area (Å²) in [5, 5.41) is 17.4. The second-order valence-corrected chi connectivity index (χ2v) is 7.78. The van der Waals surface area contributed by atoms with Gasteiger partial charge in [0.1, 0.15) is 11.6 Å². The lowest BCUT2D eigenvalue weighted by Crippen LogP contribution is -2.26. The van der Waals surface area contributed by atoms with Crippen molar-refractivity contribution in [3.8, 4) is 5.75 Å². The molecule has 5 heteroatoms. The molecule has 0 aromatic heterocycles. The minimum absolute atomic E-state index is 0.0200. The summed E-state index contributed by atoms with van der Waals surface area (Å²) in [4.78, 5) is 13.4. The Kier molecular flexibility index (Phi) is 4.51. The van der Waals surface area contributed by atoms with Crippen LogP contribution in [-0.4, -0.2) is 10.9 Å². The first kappa shape index (κ1) is 18.4. The summed E-state index contributed by atoms with van der Waals surface area (Å²) < 4.78 is 13.4. The van der Waals surface area contributed by atoms with E-state index < -0.39 is 6.04 Å². The zero-order valence-electron chi connectivity index (χ0n) is 16.2. The fraction of sp³-hybridized carbons (Fsp3) is 0.160. The Labute approximate surface area is 174 Å². The first-order chi connectivity index (χ1) is 14.6. The largest absolute Gasteiger partial charge is 0.508 e. The molecule has 0 radical (unpaired) electrons. The third-order valence-corrected chi connectivity index (χ3v) is 5.90. The number of nitrogens with one attached hydrogen (secondary N) is 2. The molecule has 3 N–H and O–H groups in total. The quantitative estimate of drug-likeness (QED) is 0.531. The monoisotopic (exact) mass is 400 g/mol. The molecule has 1 heterocycles. The lowest BCUT2D eigenvalue weighted by molar-refractivity contribution is -0.116. The Balaban J connectivity index is 1.62. The topological polar surface area (TPSA) is 61.4 Å². The van der Waals surface area contributed by atoms with Crippen LogP contribution in [0.4, 0.5) is 15.8 Å². The summed E-state index contributed by atoms with van der Waals surface area (Å²) in [7, 11) is 0. The summed E-state index contributed by atoms with van der Waals surface area (Å²) >= 11 is 0. The number of hydrogen-bond acceptors (Lipinski definition) is 4. The molecule has 0 amide bonds. The van der Waals surface area contributed by atoms with Crippen LogP contribution in [0.5, 0.6) is 5.75 Å². The van der Waals surface area contributed by atoms with Crippen LogP contribution in [0.3, 0.4) is 0 Å². The second kappa shape index (κ2) is 7.34. The number of aromatic hydroxyl groups is 1. The predicted octanol–water partition coefficient (Wildman–Crippen LogP) is 5.51. The van der Waals surface area contributed by atoms with Gasteiger partial charge in [0.15, 0.2) is 5.78 Å². The van der Waals surface area contributed by atoms with E-state index in [1.54, 1.807) is 24.3 Å². The molecule has 0 fully saturated rings. The maximum atomic E-state index is 13.4. The van der Waals surface area contributed by atoms with Gasteiger partial charge in [0.05, 0.1) is 17.4 Å². The Morgan fingerprint density at radius 2 is 1.57 bits per heavy atom. The molecule has 0 bridgehead atoms. The molecule has 4 nitrogen and oxygen atoms in total. The number of halogens is 1.